The van der Waals surface area contributed by atoms with Gasteiger partial charge in [0, 0.05) is 23.1 Å². The highest BCUT2D eigenvalue weighted by molar-refractivity contribution is 7.22. The molecule has 2 amide bonds. The molecule has 10 nitrogen and oxygen atoms in total. The second-order valence-corrected chi connectivity index (χ2v) is 8.37. The Balaban J connectivity index is 1.36. The zero-order valence-corrected chi connectivity index (χ0v) is 18.2. The number of hydrogen-bond acceptors (Lipinski definition) is 9. The van der Waals surface area contributed by atoms with Gasteiger partial charge in [0.1, 0.15) is 5.75 Å². The quantitative estimate of drug-likeness (QED) is 0.307. The Bertz CT molecular complexity index is 1320. The molecule has 0 saturated carbocycles. The molecule has 0 bridgehead atoms. The smallest absolute Gasteiger partial charge is 0.270 e. The van der Waals surface area contributed by atoms with Crippen LogP contribution in [0.25, 0.3) is 10.2 Å². The third-order valence-electron chi connectivity index (χ3n) is 4.30. The number of anilines is 2. The summed E-state index contributed by atoms with van der Waals surface area (Å²) in [7, 11) is 1.55. The van der Waals surface area contributed by atoms with Crippen molar-refractivity contribution in [1.29, 1.82) is 0 Å². The number of fused-ring (bicyclic) bond motifs is 1. The van der Waals surface area contributed by atoms with Crippen LogP contribution in [0.2, 0.25) is 0 Å². The minimum atomic E-state index is -0.481. The molecule has 32 heavy (non-hydrogen) atoms. The molecule has 0 atom stereocenters. The van der Waals surface area contributed by atoms with E-state index in [9.17, 15) is 19.7 Å². The van der Waals surface area contributed by atoms with Crippen LogP contribution in [0.5, 0.6) is 5.75 Å². The summed E-state index contributed by atoms with van der Waals surface area (Å²) in [5.74, 6) is -0.00564. The number of methoxy groups -OCH3 is 1. The molecule has 0 aliphatic rings. The molecule has 0 aliphatic heterocycles. The molecule has 0 aliphatic carbocycles. The van der Waals surface area contributed by atoms with Gasteiger partial charge in [-0.2, -0.15) is 0 Å². The predicted molar refractivity (Wildman–Crippen MR) is 122 cm³/mol. The van der Waals surface area contributed by atoms with Gasteiger partial charge < -0.3 is 10.1 Å². The molecule has 4 aromatic rings. The van der Waals surface area contributed by atoms with E-state index in [4.69, 9.17) is 4.74 Å². The maximum absolute atomic E-state index is 12.4. The Morgan fingerprint density at radius 3 is 2.59 bits per heavy atom. The van der Waals surface area contributed by atoms with Crippen molar-refractivity contribution in [3.05, 3.63) is 69.2 Å². The van der Waals surface area contributed by atoms with E-state index < -0.39 is 4.92 Å². The van der Waals surface area contributed by atoms with Gasteiger partial charge in [0.2, 0.25) is 5.91 Å². The van der Waals surface area contributed by atoms with E-state index in [1.165, 1.54) is 29.5 Å². The van der Waals surface area contributed by atoms with Crippen molar-refractivity contribution in [1.82, 2.24) is 9.97 Å². The first-order valence-electron chi connectivity index (χ1n) is 9.16. The van der Waals surface area contributed by atoms with Crippen molar-refractivity contribution in [3.8, 4) is 5.75 Å². The van der Waals surface area contributed by atoms with Crippen LogP contribution in [-0.4, -0.2) is 33.8 Å². The van der Waals surface area contributed by atoms with Crippen LogP contribution in [0.4, 0.5) is 16.0 Å². The number of benzene rings is 2. The van der Waals surface area contributed by atoms with E-state index in [0.29, 0.717) is 37.5 Å². The van der Waals surface area contributed by atoms with E-state index in [2.05, 4.69) is 20.6 Å². The monoisotopic (exact) mass is 469 g/mol. The van der Waals surface area contributed by atoms with Gasteiger partial charge in [-0.1, -0.05) is 11.3 Å². The van der Waals surface area contributed by atoms with Gasteiger partial charge in [0.25, 0.3) is 11.6 Å². The molecule has 0 spiro atoms. The highest BCUT2D eigenvalue weighted by Gasteiger charge is 2.14. The van der Waals surface area contributed by atoms with E-state index in [1.807, 2.05) is 0 Å². The molecular formula is C20H15N5O5S2. The summed E-state index contributed by atoms with van der Waals surface area (Å²) in [6.07, 6.45) is -0.00895. The molecule has 162 valence electrons. The molecule has 0 saturated heterocycles. The Hall–Kier alpha value is -3.90. The summed E-state index contributed by atoms with van der Waals surface area (Å²) in [6, 6.07) is 11.0. The second kappa shape index (κ2) is 9.08. The predicted octanol–water partition coefficient (Wildman–Crippen LogP) is 4.10. The molecular weight excluding hydrogens is 454 g/mol. The van der Waals surface area contributed by atoms with Crippen molar-refractivity contribution in [2.75, 3.05) is 17.7 Å². The number of thiazole rings is 2. The topological polar surface area (TPSA) is 136 Å². The van der Waals surface area contributed by atoms with E-state index in [-0.39, 0.29) is 23.9 Å². The Kier molecular flexibility index (Phi) is 6.05. The largest absolute Gasteiger partial charge is 0.497 e. The van der Waals surface area contributed by atoms with Gasteiger partial charge in [-0.25, -0.2) is 9.97 Å². The van der Waals surface area contributed by atoms with Crippen LogP contribution < -0.4 is 15.4 Å². The lowest BCUT2D eigenvalue weighted by Gasteiger charge is -2.03. The third-order valence-corrected chi connectivity index (χ3v) is 6.04. The van der Waals surface area contributed by atoms with Crippen LogP contribution in [0, 0.1) is 10.1 Å². The molecule has 0 radical (unpaired) electrons. The van der Waals surface area contributed by atoms with Gasteiger partial charge in [-0.3, -0.25) is 25.0 Å². The number of nitro groups is 1. The lowest BCUT2D eigenvalue weighted by molar-refractivity contribution is -0.384. The van der Waals surface area contributed by atoms with Gasteiger partial charge in [0.15, 0.2) is 10.3 Å². The molecule has 2 aromatic carbocycles. The van der Waals surface area contributed by atoms with Crippen molar-refractivity contribution in [2.45, 2.75) is 6.42 Å². The number of nitro benzene ring substituents is 1. The molecule has 2 N–H and O–H groups in total. The van der Waals surface area contributed by atoms with Crippen molar-refractivity contribution in [3.63, 3.8) is 0 Å². The number of ether oxygens (including phenoxy) is 1. The molecule has 4 rings (SSSR count). The molecule has 2 heterocycles. The first-order chi connectivity index (χ1) is 15.4. The molecule has 0 fully saturated rings. The number of carbonyl (C=O) groups excluding carboxylic acids is 2. The van der Waals surface area contributed by atoms with E-state index in [1.54, 1.807) is 36.8 Å². The summed E-state index contributed by atoms with van der Waals surface area (Å²) in [5.41, 5.74) is 1.48. The summed E-state index contributed by atoms with van der Waals surface area (Å²) >= 11 is 2.36. The number of aromatic nitrogens is 2. The third kappa shape index (κ3) is 4.87. The van der Waals surface area contributed by atoms with E-state index in [0.717, 1.165) is 11.3 Å². The maximum Gasteiger partial charge on any atom is 0.270 e. The van der Waals surface area contributed by atoms with Crippen molar-refractivity contribution < 1.29 is 19.2 Å². The zero-order chi connectivity index (χ0) is 22.7. The number of nitrogens with one attached hydrogen (secondary N) is 2. The lowest BCUT2D eigenvalue weighted by atomic mass is 10.2. The second-order valence-electron chi connectivity index (χ2n) is 6.48. The molecule has 12 heteroatoms. The summed E-state index contributed by atoms with van der Waals surface area (Å²) in [4.78, 5) is 43.6. The Labute approximate surface area is 189 Å². The highest BCUT2D eigenvalue weighted by atomic mass is 32.1. The SMILES string of the molecule is COc1ccc(C(=O)Nc2nc(CC(=O)Nc3nc4ccc([N+](=O)[O-])cc4s3)cs2)cc1. The van der Waals surface area contributed by atoms with Crippen molar-refractivity contribution in [2.24, 2.45) is 0 Å². The van der Waals surface area contributed by atoms with Crippen LogP contribution in [-0.2, 0) is 11.2 Å². The average Bonchev–Trinajstić information content (AvgIpc) is 3.38. The van der Waals surface area contributed by atoms with Gasteiger partial charge in [0.05, 0.1) is 34.4 Å². The van der Waals surface area contributed by atoms with Crippen LogP contribution >= 0.6 is 22.7 Å². The zero-order valence-electron chi connectivity index (χ0n) is 16.5. The Morgan fingerprint density at radius 2 is 1.88 bits per heavy atom. The fourth-order valence-corrected chi connectivity index (χ4v) is 4.39. The van der Waals surface area contributed by atoms with Gasteiger partial charge in [-0.05, 0) is 30.3 Å². The minimum Gasteiger partial charge on any atom is -0.497 e. The number of hydrogen-bond donors (Lipinski definition) is 2. The minimum absolute atomic E-state index is 0.00895. The molecule has 2 aromatic heterocycles. The average molecular weight is 470 g/mol. The number of rotatable bonds is 7. The normalized spacial score (nSPS) is 10.7. The lowest BCUT2D eigenvalue weighted by Crippen LogP contribution is -2.15. The van der Waals surface area contributed by atoms with Crippen LogP contribution in [0.15, 0.2) is 47.8 Å². The number of amides is 2. The summed E-state index contributed by atoms with van der Waals surface area (Å²) in [5, 5.41) is 18.7. The van der Waals surface area contributed by atoms with Gasteiger partial charge >= 0.3 is 0 Å². The fourth-order valence-electron chi connectivity index (χ4n) is 2.77. The van der Waals surface area contributed by atoms with Crippen molar-refractivity contribution >= 4 is 60.7 Å². The maximum atomic E-state index is 12.4. The standard InChI is InChI=1S/C20H15N5O5S2/c1-30-14-5-2-11(3-6-14)18(27)24-19-21-12(10-31-19)8-17(26)23-20-22-15-7-4-13(25(28)29)9-16(15)32-20/h2-7,9-10H,8H2,1H3,(H,21,24,27)(H,22,23,26). The van der Waals surface area contributed by atoms with E-state index >= 15 is 0 Å². The highest BCUT2D eigenvalue weighted by Crippen LogP contribution is 2.29. The van der Waals surface area contributed by atoms with Crippen LogP contribution in [0.1, 0.15) is 16.1 Å². The van der Waals surface area contributed by atoms with Crippen LogP contribution in [0.3, 0.4) is 0 Å². The summed E-state index contributed by atoms with van der Waals surface area (Å²) < 4.78 is 5.67. The summed E-state index contributed by atoms with van der Waals surface area (Å²) in [6.45, 7) is 0. The number of nitrogens with zero attached hydrogens (tertiary/aromatic N) is 3. The Morgan fingerprint density at radius 1 is 1.09 bits per heavy atom. The molecule has 0 unspecified atom stereocenters. The first kappa shape index (κ1) is 21.3. The van der Waals surface area contributed by atoms with Gasteiger partial charge in [-0.15, -0.1) is 11.3 Å². The first-order valence-corrected chi connectivity index (χ1v) is 10.9. The number of carbonyl (C=O) groups is 2. The number of non-ortho nitro benzene ring substituents is 1. The fraction of sp³-hybridized carbons (Fsp3) is 0.100.